The van der Waals surface area contributed by atoms with Crippen LogP contribution in [0.4, 0.5) is 10.5 Å². The molecule has 1 heterocycles. The van der Waals surface area contributed by atoms with E-state index in [-0.39, 0.29) is 22.8 Å². The van der Waals surface area contributed by atoms with Crippen molar-refractivity contribution in [2.45, 2.75) is 37.1 Å². The Morgan fingerprint density at radius 1 is 1.09 bits per heavy atom. The van der Waals surface area contributed by atoms with Gasteiger partial charge < -0.3 is 20.1 Å². The fraction of sp³-hybridized carbons (Fsp3) is 0.391. The van der Waals surface area contributed by atoms with E-state index in [1.807, 2.05) is 30.3 Å². The summed E-state index contributed by atoms with van der Waals surface area (Å²) in [5, 5.41) is 5.25. The van der Waals surface area contributed by atoms with E-state index in [1.54, 1.807) is 13.0 Å². The van der Waals surface area contributed by atoms with E-state index in [9.17, 15) is 18.0 Å². The molecule has 1 atom stereocenters. The number of nitrogens with one attached hydrogen (secondary N) is 2. The molecular weight excluding hydrogens is 446 g/mol. The van der Waals surface area contributed by atoms with Crippen LogP contribution in [-0.2, 0) is 26.0 Å². The van der Waals surface area contributed by atoms with Crippen LogP contribution in [0.5, 0.6) is 5.75 Å². The number of ether oxygens (including phenoxy) is 2. The van der Waals surface area contributed by atoms with Crippen LogP contribution in [0, 0.1) is 0 Å². The van der Waals surface area contributed by atoms with Gasteiger partial charge in [0.05, 0.1) is 13.7 Å². The SMILES string of the molecule is CCOc1ccc(NC(=O)C(Cc2ccccc2)NC(=O)OC)cc1S(=O)(=O)N1CCCC1. The molecule has 0 aromatic heterocycles. The number of alkyl carbamates (subject to hydrolysis) is 1. The minimum atomic E-state index is -3.77. The summed E-state index contributed by atoms with van der Waals surface area (Å²) >= 11 is 0. The molecule has 2 aromatic carbocycles. The van der Waals surface area contributed by atoms with Crippen LogP contribution in [0.15, 0.2) is 53.4 Å². The minimum absolute atomic E-state index is 0.00425. The number of carbonyl (C=O) groups is 2. The number of amides is 2. The van der Waals surface area contributed by atoms with Crippen molar-refractivity contribution in [1.29, 1.82) is 0 Å². The predicted octanol–water partition coefficient (Wildman–Crippen LogP) is 2.78. The number of rotatable bonds is 9. The van der Waals surface area contributed by atoms with Crippen molar-refractivity contribution >= 4 is 27.7 Å². The molecule has 3 rings (SSSR count). The van der Waals surface area contributed by atoms with Crippen LogP contribution in [0.2, 0.25) is 0 Å². The fourth-order valence-corrected chi connectivity index (χ4v) is 5.29. The summed E-state index contributed by atoms with van der Waals surface area (Å²) in [5.74, 6) is -0.270. The molecule has 1 saturated heterocycles. The number of benzene rings is 2. The molecular formula is C23H29N3O6S. The molecule has 10 heteroatoms. The summed E-state index contributed by atoms with van der Waals surface area (Å²) in [5.41, 5.74) is 1.13. The third kappa shape index (κ3) is 6.23. The van der Waals surface area contributed by atoms with Gasteiger partial charge in [-0.1, -0.05) is 30.3 Å². The number of hydrogen-bond acceptors (Lipinski definition) is 6. The molecule has 2 aromatic rings. The molecule has 0 radical (unpaired) electrons. The van der Waals surface area contributed by atoms with Crippen molar-refractivity contribution < 1.29 is 27.5 Å². The van der Waals surface area contributed by atoms with E-state index in [4.69, 9.17) is 4.74 Å². The van der Waals surface area contributed by atoms with Crippen LogP contribution >= 0.6 is 0 Å². The number of hydrogen-bond donors (Lipinski definition) is 2. The van der Waals surface area contributed by atoms with Gasteiger partial charge in [0, 0.05) is 25.2 Å². The molecule has 0 spiro atoms. The first-order valence-electron chi connectivity index (χ1n) is 10.8. The first-order valence-corrected chi connectivity index (χ1v) is 12.3. The van der Waals surface area contributed by atoms with Crippen LogP contribution in [-0.4, -0.2) is 57.6 Å². The molecule has 1 fully saturated rings. The summed E-state index contributed by atoms with van der Waals surface area (Å²) in [6, 6.07) is 12.8. The van der Waals surface area contributed by atoms with Crippen molar-refractivity contribution in [1.82, 2.24) is 9.62 Å². The molecule has 2 amide bonds. The molecule has 1 aliphatic rings. The number of anilines is 1. The molecule has 0 aliphatic carbocycles. The molecule has 0 bridgehead atoms. The zero-order valence-corrected chi connectivity index (χ0v) is 19.6. The normalized spacial score (nSPS) is 15.0. The Hall–Kier alpha value is -3.11. The van der Waals surface area contributed by atoms with Gasteiger partial charge in [0.15, 0.2) is 0 Å². The summed E-state index contributed by atoms with van der Waals surface area (Å²) in [4.78, 5) is 24.8. The van der Waals surface area contributed by atoms with Gasteiger partial charge >= 0.3 is 6.09 Å². The van der Waals surface area contributed by atoms with Gasteiger partial charge in [-0.05, 0) is 43.5 Å². The van der Waals surface area contributed by atoms with E-state index in [1.165, 1.54) is 23.5 Å². The largest absolute Gasteiger partial charge is 0.492 e. The summed E-state index contributed by atoms with van der Waals surface area (Å²) in [6.45, 7) is 2.98. The number of methoxy groups -OCH3 is 1. The number of sulfonamides is 1. The smallest absolute Gasteiger partial charge is 0.407 e. The average molecular weight is 476 g/mol. The van der Waals surface area contributed by atoms with E-state index < -0.39 is 28.1 Å². The van der Waals surface area contributed by atoms with E-state index >= 15 is 0 Å². The van der Waals surface area contributed by atoms with Gasteiger partial charge in [-0.3, -0.25) is 4.79 Å². The van der Waals surface area contributed by atoms with Gasteiger partial charge in [0.1, 0.15) is 16.7 Å². The Morgan fingerprint density at radius 3 is 2.42 bits per heavy atom. The second-order valence-corrected chi connectivity index (χ2v) is 9.48. The van der Waals surface area contributed by atoms with Gasteiger partial charge in [-0.2, -0.15) is 4.31 Å². The van der Waals surface area contributed by atoms with Crippen LogP contribution in [0.3, 0.4) is 0 Å². The fourth-order valence-electron chi connectivity index (χ4n) is 3.62. The van der Waals surface area contributed by atoms with E-state index in [2.05, 4.69) is 15.4 Å². The molecule has 0 saturated carbocycles. The van der Waals surface area contributed by atoms with Crippen LogP contribution < -0.4 is 15.4 Å². The lowest BCUT2D eigenvalue weighted by atomic mass is 10.1. The second kappa shape index (κ2) is 11.2. The Labute approximate surface area is 194 Å². The topological polar surface area (TPSA) is 114 Å². The Morgan fingerprint density at radius 2 is 1.79 bits per heavy atom. The average Bonchev–Trinajstić information content (AvgIpc) is 3.36. The molecule has 178 valence electrons. The third-order valence-corrected chi connectivity index (χ3v) is 7.19. The lowest BCUT2D eigenvalue weighted by Gasteiger charge is -2.20. The maximum atomic E-state index is 13.2. The summed E-state index contributed by atoms with van der Waals surface area (Å²) in [7, 11) is -2.56. The maximum absolute atomic E-state index is 13.2. The first kappa shape index (κ1) is 24.5. The van der Waals surface area contributed by atoms with Crippen molar-refractivity contribution in [3.05, 3.63) is 54.1 Å². The van der Waals surface area contributed by atoms with Gasteiger partial charge in [0.2, 0.25) is 15.9 Å². The first-order chi connectivity index (χ1) is 15.8. The Balaban J connectivity index is 1.86. The van der Waals surface area contributed by atoms with E-state index in [0.717, 1.165) is 18.4 Å². The van der Waals surface area contributed by atoms with Crippen LogP contribution in [0.25, 0.3) is 0 Å². The zero-order chi connectivity index (χ0) is 23.8. The highest BCUT2D eigenvalue weighted by Gasteiger charge is 2.31. The third-order valence-electron chi connectivity index (χ3n) is 5.27. The molecule has 1 unspecified atom stereocenters. The van der Waals surface area contributed by atoms with Crippen molar-refractivity contribution in [3.8, 4) is 5.75 Å². The van der Waals surface area contributed by atoms with Crippen molar-refractivity contribution in [2.75, 3.05) is 32.1 Å². The zero-order valence-electron chi connectivity index (χ0n) is 18.7. The molecule has 33 heavy (non-hydrogen) atoms. The monoisotopic (exact) mass is 475 g/mol. The quantitative estimate of drug-likeness (QED) is 0.577. The van der Waals surface area contributed by atoms with E-state index in [0.29, 0.717) is 19.7 Å². The van der Waals surface area contributed by atoms with Crippen molar-refractivity contribution in [3.63, 3.8) is 0 Å². The van der Waals surface area contributed by atoms with Gasteiger partial charge in [-0.15, -0.1) is 0 Å². The lowest BCUT2D eigenvalue weighted by molar-refractivity contribution is -0.118. The molecule has 2 N–H and O–H groups in total. The highest BCUT2D eigenvalue weighted by Crippen LogP contribution is 2.31. The molecule has 1 aliphatic heterocycles. The minimum Gasteiger partial charge on any atom is -0.492 e. The number of carbonyl (C=O) groups excluding carboxylic acids is 2. The summed E-state index contributed by atoms with van der Waals surface area (Å²) < 4.78 is 38.0. The van der Waals surface area contributed by atoms with Gasteiger partial charge in [-0.25, -0.2) is 13.2 Å². The summed E-state index contributed by atoms with van der Waals surface area (Å²) in [6.07, 6.45) is 1.10. The van der Waals surface area contributed by atoms with Crippen molar-refractivity contribution in [2.24, 2.45) is 0 Å². The lowest BCUT2D eigenvalue weighted by Crippen LogP contribution is -2.45. The highest BCUT2D eigenvalue weighted by atomic mass is 32.2. The predicted molar refractivity (Wildman–Crippen MR) is 124 cm³/mol. The highest BCUT2D eigenvalue weighted by molar-refractivity contribution is 7.89. The number of nitrogens with zero attached hydrogens (tertiary/aromatic N) is 1. The molecule has 9 nitrogen and oxygen atoms in total. The standard InChI is InChI=1S/C23H29N3O6S/c1-3-32-20-12-11-18(16-21(20)33(29,30)26-13-7-8-14-26)24-22(27)19(25-23(28)31-2)15-17-9-5-4-6-10-17/h4-6,9-12,16,19H,3,7-8,13-15H2,1-2H3,(H,24,27)(H,25,28). The Kier molecular flexibility index (Phi) is 8.29. The van der Waals surface area contributed by atoms with Gasteiger partial charge in [0.25, 0.3) is 0 Å². The maximum Gasteiger partial charge on any atom is 0.407 e. The van der Waals surface area contributed by atoms with Crippen LogP contribution in [0.1, 0.15) is 25.3 Å². The second-order valence-electron chi connectivity index (χ2n) is 7.57. The Bertz CT molecular complexity index is 1070.